The molecule has 4 aromatic rings. The van der Waals surface area contributed by atoms with Crippen LogP contribution in [0, 0.1) is 0 Å². The summed E-state index contributed by atoms with van der Waals surface area (Å²) < 4.78 is 7.32. The number of hydrogen-bond acceptors (Lipinski definition) is 5. The molecule has 0 radical (unpaired) electrons. The highest BCUT2D eigenvalue weighted by Crippen LogP contribution is 2.29. The van der Waals surface area contributed by atoms with Crippen LogP contribution in [0.3, 0.4) is 0 Å². The van der Waals surface area contributed by atoms with Crippen molar-refractivity contribution >= 4 is 21.9 Å². The third-order valence-corrected chi connectivity index (χ3v) is 5.23. The Balaban J connectivity index is 1.57. The van der Waals surface area contributed by atoms with Crippen LogP contribution in [0.25, 0.3) is 33.2 Å². The SMILES string of the molecule is CCN(CC)CCCn1cc(-c2cc3c(cn2)[nH]c2ncc(OC)cc23)cn1. The maximum atomic E-state index is 5.32. The van der Waals surface area contributed by atoms with Gasteiger partial charge in [0, 0.05) is 29.1 Å². The van der Waals surface area contributed by atoms with E-state index in [2.05, 4.69) is 51.1 Å². The summed E-state index contributed by atoms with van der Waals surface area (Å²) in [5, 5.41) is 6.63. The molecule has 4 heterocycles. The molecule has 0 aliphatic rings. The Hall–Kier alpha value is -2.93. The Morgan fingerprint density at radius 3 is 2.71 bits per heavy atom. The zero-order valence-electron chi connectivity index (χ0n) is 16.6. The molecule has 0 unspecified atom stereocenters. The molecule has 28 heavy (non-hydrogen) atoms. The molecule has 146 valence electrons. The maximum Gasteiger partial charge on any atom is 0.138 e. The van der Waals surface area contributed by atoms with Crippen LogP contribution in [-0.2, 0) is 6.54 Å². The lowest BCUT2D eigenvalue weighted by atomic mass is 10.1. The van der Waals surface area contributed by atoms with E-state index in [1.54, 1.807) is 13.3 Å². The van der Waals surface area contributed by atoms with Gasteiger partial charge in [0.1, 0.15) is 11.4 Å². The van der Waals surface area contributed by atoms with Crippen molar-refractivity contribution in [1.82, 2.24) is 29.6 Å². The van der Waals surface area contributed by atoms with E-state index in [4.69, 9.17) is 4.74 Å². The smallest absolute Gasteiger partial charge is 0.138 e. The zero-order valence-corrected chi connectivity index (χ0v) is 16.6. The van der Waals surface area contributed by atoms with Crippen molar-refractivity contribution in [3.05, 3.63) is 36.9 Å². The lowest BCUT2D eigenvalue weighted by Gasteiger charge is -2.17. The van der Waals surface area contributed by atoms with Crippen molar-refractivity contribution in [2.45, 2.75) is 26.8 Å². The van der Waals surface area contributed by atoms with E-state index in [1.807, 2.05) is 23.1 Å². The minimum absolute atomic E-state index is 0.743. The second-order valence-electron chi connectivity index (χ2n) is 6.88. The van der Waals surface area contributed by atoms with Gasteiger partial charge in [0.25, 0.3) is 0 Å². The van der Waals surface area contributed by atoms with E-state index >= 15 is 0 Å². The predicted octanol–water partition coefficient (Wildman–Crippen LogP) is 3.72. The van der Waals surface area contributed by atoms with Crippen molar-refractivity contribution in [2.75, 3.05) is 26.7 Å². The summed E-state index contributed by atoms with van der Waals surface area (Å²) in [6.07, 6.45) is 8.62. The average molecular weight is 378 g/mol. The molecule has 0 amide bonds. The molecule has 0 atom stereocenters. The van der Waals surface area contributed by atoms with Gasteiger partial charge >= 0.3 is 0 Å². The largest absolute Gasteiger partial charge is 0.495 e. The van der Waals surface area contributed by atoms with E-state index < -0.39 is 0 Å². The van der Waals surface area contributed by atoms with E-state index in [-0.39, 0.29) is 0 Å². The first kappa shape index (κ1) is 18.4. The number of rotatable bonds is 8. The Bertz CT molecular complexity index is 1080. The zero-order chi connectivity index (χ0) is 19.5. The third-order valence-electron chi connectivity index (χ3n) is 5.23. The quantitative estimate of drug-likeness (QED) is 0.506. The first-order valence-electron chi connectivity index (χ1n) is 9.78. The summed E-state index contributed by atoms with van der Waals surface area (Å²) in [6, 6.07) is 4.09. The average Bonchev–Trinajstić information content (AvgIpc) is 3.34. The Morgan fingerprint density at radius 2 is 1.93 bits per heavy atom. The van der Waals surface area contributed by atoms with Crippen molar-refractivity contribution in [1.29, 1.82) is 0 Å². The second kappa shape index (κ2) is 7.98. The van der Waals surface area contributed by atoms with Crippen LogP contribution < -0.4 is 4.74 Å². The normalized spacial score (nSPS) is 11.7. The second-order valence-corrected chi connectivity index (χ2v) is 6.88. The van der Waals surface area contributed by atoms with Gasteiger partial charge in [-0.15, -0.1) is 0 Å². The Kier molecular flexibility index (Phi) is 5.25. The van der Waals surface area contributed by atoms with Gasteiger partial charge in [0.2, 0.25) is 0 Å². The van der Waals surface area contributed by atoms with Gasteiger partial charge in [-0.05, 0) is 38.2 Å². The topological polar surface area (TPSA) is 71.9 Å². The molecule has 7 nitrogen and oxygen atoms in total. The van der Waals surface area contributed by atoms with Gasteiger partial charge in [-0.25, -0.2) is 4.98 Å². The van der Waals surface area contributed by atoms with Gasteiger partial charge in [-0.2, -0.15) is 5.10 Å². The lowest BCUT2D eigenvalue weighted by Crippen LogP contribution is -2.24. The highest BCUT2D eigenvalue weighted by Gasteiger charge is 2.11. The van der Waals surface area contributed by atoms with Crippen LogP contribution in [0.4, 0.5) is 0 Å². The van der Waals surface area contributed by atoms with Gasteiger partial charge in [-0.1, -0.05) is 13.8 Å². The fourth-order valence-electron chi connectivity index (χ4n) is 3.54. The molecule has 1 N–H and O–H groups in total. The number of H-pyrrole nitrogens is 1. The number of nitrogens with one attached hydrogen (secondary N) is 1. The van der Waals surface area contributed by atoms with Crippen molar-refractivity contribution in [2.24, 2.45) is 0 Å². The molecule has 4 rings (SSSR count). The minimum atomic E-state index is 0.743. The number of hydrogen-bond donors (Lipinski definition) is 1. The molecule has 0 bridgehead atoms. The van der Waals surface area contributed by atoms with Crippen molar-refractivity contribution < 1.29 is 4.74 Å². The first-order valence-corrected chi connectivity index (χ1v) is 9.78. The summed E-state index contributed by atoms with van der Waals surface area (Å²) in [7, 11) is 1.65. The standard InChI is InChI=1S/C21H26N6O/c1-4-26(5-2)7-6-8-27-14-15(11-24-27)19-10-17-18-9-16(28-3)12-23-21(18)25-20(17)13-22-19/h9-14H,4-8H2,1-3H3,(H,23,25). The summed E-state index contributed by atoms with van der Waals surface area (Å²) in [6.45, 7) is 8.59. The number of aryl methyl sites for hydroxylation is 1. The molecule has 0 saturated heterocycles. The highest BCUT2D eigenvalue weighted by atomic mass is 16.5. The van der Waals surface area contributed by atoms with Crippen LogP contribution in [-0.4, -0.2) is 56.4 Å². The van der Waals surface area contributed by atoms with Crippen LogP contribution >= 0.6 is 0 Å². The van der Waals surface area contributed by atoms with E-state index in [9.17, 15) is 0 Å². The van der Waals surface area contributed by atoms with E-state index in [0.29, 0.717) is 0 Å². The summed E-state index contributed by atoms with van der Waals surface area (Å²) >= 11 is 0. The number of pyridine rings is 2. The Labute approximate surface area is 164 Å². The van der Waals surface area contributed by atoms with Gasteiger partial charge < -0.3 is 14.6 Å². The molecule has 0 spiro atoms. The predicted molar refractivity (Wildman–Crippen MR) is 112 cm³/mol. The number of ether oxygens (including phenoxy) is 1. The number of aromatic amines is 1. The Morgan fingerprint density at radius 1 is 1.07 bits per heavy atom. The monoisotopic (exact) mass is 378 g/mol. The van der Waals surface area contributed by atoms with Gasteiger partial charge in [0.05, 0.1) is 36.9 Å². The number of methoxy groups -OCH3 is 1. The van der Waals surface area contributed by atoms with Crippen molar-refractivity contribution in [3.8, 4) is 17.0 Å². The molecule has 0 aliphatic carbocycles. The molecular weight excluding hydrogens is 352 g/mol. The summed E-state index contributed by atoms with van der Waals surface area (Å²) in [5.41, 5.74) is 3.73. The molecule has 0 saturated carbocycles. The van der Waals surface area contributed by atoms with Crippen LogP contribution in [0.2, 0.25) is 0 Å². The maximum absolute atomic E-state index is 5.32. The van der Waals surface area contributed by atoms with Gasteiger partial charge in [-0.3, -0.25) is 9.67 Å². The minimum Gasteiger partial charge on any atom is -0.495 e. The highest BCUT2D eigenvalue weighted by molar-refractivity contribution is 6.06. The summed E-state index contributed by atoms with van der Waals surface area (Å²) in [4.78, 5) is 14.8. The summed E-state index contributed by atoms with van der Waals surface area (Å²) in [5.74, 6) is 0.743. The molecule has 4 aromatic heterocycles. The lowest BCUT2D eigenvalue weighted by molar-refractivity contribution is 0.291. The van der Waals surface area contributed by atoms with Crippen LogP contribution in [0.5, 0.6) is 5.75 Å². The fraction of sp³-hybridized carbons (Fsp3) is 0.381. The van der Waals surface area contributed by atoms with Crippen molar-refractivity contribution in [3.63, 3.8) is 0 Å². The fourth-order valence-corrected chi connectivity index (χ4v) is 3.54. The van der Waals surface area contributed by atoms with Gasteiger partial charge in [0.15, 0.2) is 0 Å². The van der Waals surface area contributed by atoms with Crippen LogP contribution in [0.15, 0.2) is 36.9 Å². The third kappa shape index (κ3) is 3.57. The number of aromatic nitrogens is 5. The van der Waals surface area contributed by atoms with E-state index in [1.165, 1.54) is 0 Å². The molecular formula is C21H26N6O. The molecule has 0 aromatic carbocycles. The molecule has 7 heteroatoms. The first-order chi connectivity index (χ1) is 13.7. The molecule has 0 fully saturated rings. The van der Waals surface area contributed by atoms with E-state index in [0.717, 1.165) is 71.5 Å². The number of fused-ring (bicyclic) bond motifs is 3. The molecule has 0 aliphatic heterocycles. The van der Waals surface area contributed by atoms with Crippen LogP contribution in [0.1, 0.15) is 20.3 Å². The number of nitrogens with zero attached hydrogens (tertiary/aromatic N) is 5.